The second kappa shape index (κ2) is 67.6. The predicted molar refractivity (Wildman–Crippen MR) is 348 cm³/mol. The highest BCUT2D eigenvalue weighted by Crippen LogP contribution is 2.17. The van der Waals surface area contributed by atoms with Gasteiger partial charge in [-0.3, -0.25) is 14.4 Å². The summed E-state index contributed by atoms with van der Waals surface area (Å²) in [4.78, 5) is 38.1. The van der Waals surface area contributed by atoms with Crippen LogP contribution in [0.5, 0.6) is 0 Å². The fraction of sp³-hybridized carbons (Fsp3) is 0.716. The van der Waals surface area contributed by atoms with Gasteiger partial charge in [-0.25, -0.2) is 0 Å². The molecule has 0 radical (unpaired) electrons. The van der Waals surface area contributed by atoms with E-state index in [0.29, 0.717) is 19.3 Å². The average molecular weight is 1110 g/mol. The fourth-order valence-electron chi connectivity index (χ4n) is 9.45. The predicted octanol–water partition coefficient (Wildman–Crippen LogP) is 23.4. The molecule has 458 valence electrons. The summed E-state index contributed by atoms with van der Waals surface area (Å²) in [5.41, 5.74) is 0. The summed E-state index contributed by atoms with van der Waals surface area (Å²) in [6, 6.07) is 0. The van der Waals surface area contributed by atoms with Crippen molar-refractivity contribution < 1.29 is 28.6 Å². The molecule has 0 amide bonds. The molecule has 0 bridgehead atoms. The zero-order valence-electron chi connectivity index (χ0n) is 52.6. The van der Waals surface area contributed by atoms with Gasteiger partial charge in [0.2, 0.25) is 0 Å². The number of hydrogen-bond acceptors (Lipinski definition) is 6. The normalized spacial score (nSPS) is 12.8. The first kappa shape index (κ1) is 76.1. The molecule has 0 fully saturated rings. The quantitative estimate of drug-likeness (QED) is 0.0261. The van der Waals surface area contributed by atoms with Crippen molar-refractivity contribution in [3.8, 4) is 0 Å². The lowest BCUT2D eigenvalue weighted by Gasteiger charge is -2.18. The minimum Gasteiger partial charge on any atom is -0.462 e. The van der Waals surface area contributed by atoms with Gasteiger partial charge in [-0.05, 0) is 109 Å². The third-order valence-corrected chi connectivity index (χ3v) is 14.5. The summed E-state index contributed by atoms with van der Waals surface area (Å²) >= 11 is 0. The van der Waals surface area contributed by atoms with Crippen LogP contribution in [0.2, 0.25) is 0 Å². The van der Waals surface area contributed by atoms with Crippen LogP contribution in [0.15, 0.2) is 109 Å². The highest BCUT2D eigenvalue weighted by Gasteiger charge is 2.19. The first-order valence-electron chi connectivity index (χ1n) is 33.9. The molecule has 0 aromatic carbocycles. The second-order valence-corrected chi connectivity index (χ2v) is 22.4. The number of unbranched alkanes of at least 4 members (excludes halogenated alkanes) is 32. The number of rotatable bonds is 61. The number of hydrogen-bond donors (Lipinski definition) is 0. The Morgan fingerprint density at radius 2 is 0.487 bits per heavy atom. The molecule has 0 aromatic rings. The molecule has 1 unspecified atom stereocenters. The highest BCUT2D eigenvalue weighted by molar-refractivity contribution is 5.71. The second-order valence-electron chi connectivity index (χ2n) is 22.4. The summed E-state index contributed by atoms with van der Waals surface area (Å²) in [5, 5.41) is 0. The minimum atomic E-state index is -0.787. The Hall–Kier alpha value is -3.93. The molecule has 0 aromatic heterocycles. The molecule has 0 heterocycles. The third-order valence-electron chi connectivity index (χ3n) is 14.5. The lowest BCUT2D eigenvalue weighted by molar-refractivity contribution is -0.167. The monoisotopic (exact) mass is 1110 g/mol. The minimum absolute atomic E-state index is 0.0845. The maximum Gasteiger partial charge on any atom is 0.306 e. The Morgan fingerprint density at radius 3 is 0.762 bits per heavy atom. The van der Waals surface area contributed by atoms with Crippen molar-refractivity contribution in [1.82, 2.24) is 0 Å². The Kier molecular flexibility index (Phi) is 64.3. The lowest BCUT2D eigenvalue weighted by atomic mass is 10.0. The molecule has 0 spiro atoms. The summed E-state index contributed by atoms with van der Waals surface area (Å²) in [5.74, 6) is -0.905. The van der Waals surface area contributed by atoms with Crippen LogP contribution in [-0.2, 0) is 28.6 Å². The molecule has 80 heavy (non-hydrogen) atoms. The molecular weight excluding hydrogens is 985 g/mol. The first-order valence-corrected chi connectivity index (χ1v) is 33.9. The van der Waals surface area contributed by atoms with Gasteiger partial charge in [0, 0.05) is 19.3 Å². The van der Waals surface area contributed by atoms with E-state index < -0.39 is 6.10 Å². The van der Waals surface area contributed by atoms with Gasteiger partial charge in [0.15, 0.2) is 6.10 Å². The van der Waals surface area contributed by atoms with Gasteiger partial charge in [-0.2, -0.15) is 0 Å². The van der Waals surface area contributed by atoms with Crippen LogP contribution in [0.1, 0.15) is 323 Å². The van der Waals surface area contributed by atoms with E-state index in [1.165, 1.54) is 154 Å². The standard InChI is InChI=1S/C74H126O6/c1-4-7-10-13-16-18-20-22-24-26-28-30-32-34-36-37-39-40-42-44-46-48-50-52-54-56-58-61-64-67-73(76)79-70-71(69-78-72(75)66-63-60-15-12-9-6-3)80-74(77)68-65-62-59-57-55-53-51-49-47-45-43-41-38-35-33-31-29-27-25-23-21-19-17-14-11-8-5-2/h8,11,17,19-20,22-23,25-26,28-29,31,35,38,43,45,49,51,71H,4-7,9-10,12-16,18,21,24,27,30,32-34,36-37,39-42,44,46-48,50,52-70H2,1-3H3/b11-8-,19-17-,22-20-,25-23-,28-26-,31-29-,38-35-,45-43-,51-49-. The van der Waals surface area contributed by atoms with Crippen LogP contribution in [0, 0.1) is 0 Å². The van der Waals surface area contributed by atoms with Crippen molar-refractivity contribution in [1.29, 1.82) is 0 Å². The van der Waals surface area contributed by atoms with E-state index in [1.807, 2.05) is 0 Å². The van der Waals surface area contributed by atoms with Crippen molar-refractivity contribution in [3.05, 3.63) is 109 Å². The van der Waals surface area contributed by atoms with Crippen LogP contribution >= 0.6 is 0 Å². The number of esters is 3. The Labute approximate surface area is 495 Å². The largest absolute Gasteiger partial charge is 0.462 e. The molecule has 6 heteroatoms. The van der Waals surface area contributed by atoms with Crippen molar-refractivity contribution in [2.75, 3.05) is 13.2 Å². The van der Waals surface area contributed by atoms with E-state index in [2.05, 4.69) is 130 Å². The van der Waals surface area contributed by atoms with E-state index in [1.54, 1.807) is 0 Å². The zero-order valence-corrected chi connectivity index (χ0v) is 52.6. The highest BCUT2D eigenvalue weighted by atomic mass is 16.6. The first-order chi connectivity index (χ1) is 39.5. The van der Waals surface area contributed by atoms with Crippen LogP contribution in [0.3, 0.4) is 0 Å². The van der Waals surface area contributed by atoms with Gasteiger partial charge in [0.25, 0.3) is 0 Å². The number of carbonyl (C=O) groups excluding carboxylic acids is 3. The van der Waals surface area contributed by atoms with Crippen LogP contribution < -0.4 is 0 Å². The molecular formula is C74H126O6. The Bertz CT molecular complexity index is 1610. The molecule has 0 saturated carbocycles. The van der Waals surface area contributed by atoms with Crippen LogP contribution in [-0.4, -0.2) is 37.2 Å². The molecule has 0 aliphatic rings. The van der Waals surface area contributed by atoms with Gasteiger partial charge in [-0.15, -0.1) is 0 Å². The average Bonchev–Trinajstić information content (AvgIpc) is 3.46. The molecule has 0 saturated heterocycles. The smallest absolute Gasteiger partial charge is 0.306 e. The van der Waals surface area contributed by atoms with Crippen molar-refractivity contribution >= 4 is 17.9 Å². The van der Waals surface area contributed by atoms with E-state index in [4.69, 9.17) is 14.2 Å². The lowest BCUT2D eigenvalue weighted by Crippen LogP contribution is -2.30. The van der Waals surface area contributed by atoms with E-state index >= 15 is 0 Å². The maximum atomic E-state index is 12.9. The van der Waals surface area contributed by atoms with Gasteiger partial charge in [0.05, 0.1) is 0 Å². The summed E-state index contributed by atoms with van der Waals surface area (Å²) in [6.45, 7) is 6.46. The summed E-state index contributed by atoms with van der Waals surface area (Å²) < 4.78 is 16.8. The molecule has 0 aliphatic heterocycles. The molecule has 1 atom stereocenters. The van der Waals surface area contributed by atoms with Crippen molar-refractivity contribution in [3.63, 3.8) is 0 Å². The van der Waals surface area contributed by atoms with Crippen molar-refractivity contribution in [2.24, 2.45) is 0 Å². The van der Waals surface area contributed by atoms with Crippen LogP contribution in [0.4, 0.5) is 0 Å². The van der Waals surface area contributed by atoms with E-state index in [9.17, 15) is 14.4 Å². The maximum absolute atomic E-state index is 12.9. The Morgan fingerprint density at radius 1 is 0.263 bits per heavy atom. The Balaban J connectivity index is 4.10. The molecule has 0 aliphatic carbocycles. The van der Waals surface area contributed by atoms with Gasteiger partial charge < -0.3 is 14.2 Å². The number of ether oxygens (including phenoxy) is 3. The van der Waals surface area contributed by atoms with Gasteiger partial charge in [-0.1, -0.05) is 304 Å². The van der Waals surface area contributed by atoms with Crippen LogP contribution in [0.25, 0.3) is 0 Å². The van der Waals surface area contributed by atoms with E-state index in [0.717, 1.165) is 128 Å². The third kappa shape index (κ3) is 64.9. The summed E-state index contributed by atoms with van der Waals surface area (Å²) in [6.07, 6.45) is 92.9. The fourth-order valence-corrected chi connectivity index (χ4v) is 9.45. The molecule has 6 nitrogen and oxygen atoms in total. The van der Waals surface area contributed by atoms with Gasteiger partial charge in [0.1, 0.15) is 13.2 Å². The number of carbonyl (C=O) groups is 3. The topological polar surface area (TPSA) is 78.9 Å². The van der Waals surface area contributed by atoms with E-state index in [-0.39, 0.29) is 31.1 Å². The van der Waals surface area contributed by atoms with Gasteiger partial charge >= 0.3 is 17.9 Å². The molecule has 0 N–H and O–H groups in total. The SMILES string of the molecule is CC/C=C\C/C=C\C/C=C\C/C=C\C/C=C\C/C=C\C/C=C\CCCCCCCC(=O)OC(COC(=O)CCCCCCCC)COC(=O)CCCCCCCCCCCCCCCCCCC/C=C\C/C=C\CCCCCCC. The molecule has 0 rings (SSSR count). The zero-order chi connectivity index (χ0) is 57.8. The number of allylic oxidation sites excluding steroid dienone is 18. The summed E-state index contributed by atoms with van der Waals surface area (Å²) in [7, 11) is 0. The van der Waals surface area contributed by atoms with Crippen molar-refractivity contribution in [2.45, 2.75) is 329 Å².